The second kappa shape index (κ2) is 11.3. The summed E-state index contributed by atoms with van der Waals surface area (Å²) in [5.41, 5.74) is 3.22. The van der Waals surface area contributed by atoms with Gasteiger partial charge in [0.1, 0.15) is 0 Å². The van der Waals surface area contributed by atoms with Gasteiger partial charge < -0.3 is 10.6 Å². The minimum Gasteiger partial charge on any atom is -0.345 e. The van der Waals surface area contributed by atoms with Crippen LogP contribution in [0.15, 0.2) is 78.9 Å². The first-order valence-corrected chi connectivity index (χ1v) is 12.1. The molecule has 0 aromatic heterocycles. The number of hydrogen-bond donors (Lipinski definition) is 2. The lowest BCUT2D eigenvalue weighted by Gasteiger charge is -2.32. The summed E-state index contributed by atoms with van der Waals surface area (Å²) in [6.45, 7) is 4.39. The maximum atomic E-state index is 13.1. The van der Waals surface area contributed by atoms with Crippen LogP contribution in [-0.2, 0) is 11.3 Å². The average molecular weight is 476 g/mol. The number of nitrogens with zero attached hydrogens (tertiary/aromatic N) is 1. The Bertz CT molecular complexity index is 1120. The molecule has 0 saturated carbocycles. The number of rotatable bonds is 7. The Balaban J connectivity index is 1.39. The van der Waals surface area contributed by atoms with Gasteiger partial charge in [-0.2, -0.15) is 0 Å². The Morgan fingerprint density at radius 3 is 2.47 bits per heavy atom. The summed E-state index contributed by atoms with van der Waals surface area (Å²) < 4.78 is 0. The molecule has 1 saturated heterocycles. The molecule has 1 aliphatic rings. The fourth-order valence-electron chi connectivity index (χ4n) is 4.39. The zero-order chi connectivity index (χ0) is 23.9. The van der Waals surface area contributed by atoms with E-state index in [9.17, 15) is 9.59 Å². The third-order valence-electron chi connectivity index (χ3n) is 6.27. The predicted octanol–water partition coefficient (Wildman–Crippen LogP) is 5.68. The summed E-state index contributed by atoms with van der Waals surface area (Å²) >= 11 is 6.00. The maximum Gasteiger partial charge on any atom is 0.253 e. The van der Waals surface area contributed by atoms with Gasteiger partial charge in [-0.1, -0.05) is 66.2 Å². The number of carbonyl (C=O) groups is 2. The van der Waals surface area contributed by atoms with Crippen LogP contribution in [0.2, 0.25) is 5.02 Å². The van der Waals surface area contributed by atoms with Crippen LogP contribution in [-0.4, -0.2) is 29.8 Å². The Labute approximate surface area is 206 Å². The minimum absolute atomic E-state index is 0.0443. The summed E-state index contributed by atoms with van der Waals surface area (Å²) in [7, 11) is 0. The smallest absolute Gasteiger partial charge is 0.253 e. The van der Waals surface area contributed by atoms with Gasteiger partial charge in [-0.3, -0.25) is 14.5 Å². The van der Waals surface area contributed by atoms with E-state index in [4.69, 9.17) is 11.6 Å². The summed E-state index contributed by atoms with van der Waals surface area (Å²) in [6.07, 6.45) is 1.80. The molecule has 1 fully saturated rings. The molecule has 0 bridgehead atoms. The third-order valence-corrected chi connectivity index (χ3v) is 6.52. The molecule has 0 aliphatic carbocycles. The Morgan fingerprint density at radius 2 is 1.71 bits per heavy atom. The molecule has 5 nitrogen and oxygen atoms in total. The number of nitrogens with one attached hydrogen (secondary N) is 2. The lowest BCUT2D eigenvalue weighted by atomic mass is 9.96. The molecule has 34 heavy (non-hydrogen) atoms. The summed E-state index contributed by atoms with van der Waals surface area (Å²) in [5, 5.41) is 6.78. The standard InChI is InChI=1S/C28H30ClN3O2/c1-20(22-8-3-2-4-9-22)30-28(34)25-11-5-6-12-26(25)31-27(33)23-10-7-17-32(19-23)18-21-13-15-24(29)16-14-21/h2-6,8-9,11-16,20,23H,7,10,17-19H2,1H3,(H,30,34)(H,31,33). The van der Waals surface area contributed by atoms with Crippen LogP contribution in [0.1, 0.15) is 47.3 Å². The maximum absolute atomic E-state index is 13.1. The lowest BCUT2D eigenvalue weighted by Crippen LogP contribution is -2.40. The molecule has 2 unspecified atom stereocenters. The number of carbonyl (C=O) groups excluding carboxylic acids is 2. The zero-order valence-electron chi connectivity index (χ0n) is 19.3. The molecule has 4 rings (SSSR count). The van der Waals surface area contributed by atoms with Crippen molar-refractivity contribution in [2.45, 2.75) is 32.4 Å². The molecular weight excluding hydrogens is 446 g/mol. The van der Waals surface area contributed by atoms with Gasteiger partial charge in [-0.25, -0.2) is 0 Å². The first-order chi connectivity index (χ1) is 16.5. The van der Waals surface area contributed by atoms with Crippen molar-refractivity contribution in [3.05, 3.63) is 101 Å². The highest BCUT2D eigenvalue weighted by Gasteiger charge is 2.27. The van der Waals surface area contributed by atoms with E-state index in [0.717, 1.165) is 36.5 Å². The van der Waals surface area contributed by atoms with Crippen LogP contribution in [0.5, 0.6) is 0 Å². The van der Waals surface area contributed by atoms with E-state index in [2.05, 4.69) is 15.5 Å². The van der Waals surface area contributed by atoms with Crippen molar-refractivity contribution in [2.24, 2.45) is 5.92 Å². The largest absolute Gasteiger partial charge is 0.345 e. The molecule has 176 valence electrons. The summed E-state index contributed by atoms with van der Waals surface area (Å²) in [5.74, 6) is -0.377. The molecule has 2 atom stereocenters. The van der Waals surface area contributed by atoms with Crippen LogP contribution in [0, 0.1) is 5.92 Å². The quantitative estimate of drug-likeness (QED) is 0.462. The van der Waals surface area contributed by atoms with Gasteiger partial charge >= 0.3 is 0 Å². The fourth-order valence-corrected chi connectivity index (χ4v) is 4.51. The Morgan fingerprint density at radius 1 is 1.00 bits per heavy atom. The molecule has 2 N–H and O–H groups in total. The molecule has 1 aliphatic heterocycles. The first kappa shape index (κ1) is 24.0. The molecule has 1 heterocycles. The van der Waals surface area contributed by atoms with E-state index in [-0.39, 0.29) is 23.8 Å². The van der Waals surface area contributed by atoms with Gasteiger partial charge in [0.25, 0.3) is 5.91 Å². The number of benzene rings is 3. The summed E-state index contributed by atoms with van der Waals surface area (Å²) in [6, 6.07) is 24.7. The monoisotopic (exact) mass is 475 g/mol. The number of likely N-dealkylation sites (tertiary alicyclic amines) is 1. The van der Waals surface area contributed by atoms with Crippen molar-refractivity contribution < 1.29 is 9.59 Å². The van der Waals surface area contributed by atoms with E-state index in [1.807, 2.05) is 73.7 Å². The van der Waals surface area contributed by atoms with Gasteiger partial charge in [0.2, 0.25) is 5.91 Å². The van der Waals surface area contributed by atoms with E-state index in [0.29, 0.717) is 17.8 Å². The predicted molar refractivity (Wildman–Crippen MR) is 137 cm³/mol. The first-order valence-electron chi connectivity index (χ1n) is 11.7. The van der Waals surface area contributed by atoms with Crippen molar-refractivity contribution in [1.82, 2.24) is 10.2 Å². The highest BCUT2D eigenvalue weighted by Crippen LogP contribution is 2.23. The highest BCUT2D eigenvalue weighted by atomic mass is 35.5. The Kier molecular flexibility index (Phi) is 7.99. The molecule has 6 heteroatoms. The van der Waals surface area contributed by atoms with Crippen molar-refractivity contribution in [3.63, 3.8) is 0 Å². The molecular formula is C28H30ClN3O2. The second-order valence-corrected chi connectivity index (χ2v) is 9.28. The number of anilines is 1. The zero-order valence-corrected chi connectivity index (χ0v) is 20.1. The van der Waals surface area contributed by atoms with Gasteiger partial charge in [0.05, 0.1) is 23.2 Å². The Hall–Kier alpha value is -3.15. The van der Waals surface area contributed by atoms with Gasteiger partial charge in [-0.05, 0) is 61.7 Å². The van der Waals surface area contributed by atoms with Gasteiger partial charge in [-0.15, -0.1) is 0 Å². The van der Waals surface area contributed by atoms with Crippen molar-refractivity contribution in [1.29, 1.82) is 0 Å². The van der Waals surface area contributed by atoms with Crippen LogP contribution < -0.4 is 10.6 Å². The summed E-state index contributed by atoms with van der Waals surface area (Å²) in [4.78, 5) is 28.5. The van der Waals surface area contributed by atoms with Gasteiger partial charge in [0, 0.05) is 18.1 Å². The van der Waals surface area contributed by atoms with Gasteiger partial charge in [0.15, 0.2) is 0 Å². The average Bonchev–Trinajstić information content (AvgIpc) is 2.86. The number of hydrogen-bond acceptors (Lipinski definition) is 3. The number of amides is 2. The highest BCUT2D eigenvalue weighted by molar-refractivity contribution is 6.30. The number of para-hydroxylation sites is 1. The van der Waals surface area contributed by atoms with Crippen LogP contribution in [0.3, 0.4) is 0 Å². The SMILES string of the molecule is CC(NC(=O)c1ccccc1NC(=O)C1CCCN(Cc2ccc(Cl)cc2)C1)c1ccccc1. The minimum atomic E-state index is -0.208. The van der Waals surface area contributed by atoms with E-state index < -0.39 is 0 Å². The molecule has 3 aromatic carbocycles. The third kappa shape index (κ3) is 6.25. The van der Waals surface area contributed by atoms with E-state index in [1.165, 1.54) is 5.56 Å². The van der Waals surface area contributed by atoms with Crippen LogP contribution in [0.4, 0.5) is 5.69 Å². The number of halogens is 1. The van der Waals surface area contributed by atoms with Crippen LogP contribution in [0.25, 0.3) is 0 Å². The lowest BCUT2D eigenvalue weighted by molar-refractivity contribution is -0.121. The normalized spacial score (nSPS) is 17.1. The van der Waals surface area contributed by atoms with Crippen molar-refractivity contribution >= 4 is 29.1 Å². The topological polar surface area (TPSA) is 61.4 Å². The fraction of sp³-hybridized carbons (Fsp3) is 0.286. The molecule has 0 radical (unpaired) electrons. The van der Waals surface area contributed by atoms with Crippen molar-refractivity contribution in [2.75, 3.05) is 18.4 Å². The molecule has 2 amide bonds. The molecule has 0 spiro atoms. The second-order valence-electron chi connectivity index (χ2n) is 8.84. The molecule has 3 aromatic rings. The van der Waals surface area contributed by atoms with E-state index >= 15 is 0 Å². The number of piperidine rings is 1. The van der Waals surface area contributed by atoms with Crippen molar-refractivity contribution in [3.8, 4) is 0 Å². The van der Waals surface area contributed by atoms with Crippen LogP contribution >= 0.6 is 11.6 Å². The van der Waals surface area contributed by atoms with E-state index in [1.54, 1.807) is 12.1 Å².